The number of aromatic amines is 1. The van der Waals surface area contributed by atoms with Crippen LogP contribution in [0.5, 0.6) is 5.75 Å². The number of amides is 1. The molecule has 0 radical (unpaired) electrons. The predicted octanol–water partition coefficient (Wildman–Crippen LogP) is 2.93. The van der Waals surface area contributed by atoms with Gasteiger partial charge in [0, 0.05) is 49.2 Å². The van der Waals surface area contributed by atoms with Crippen molar-refractivity contribution < 1.29 is 9.53 Å². The highest BCUT2D eigenvalue weighted by Gasteiger charge is 2.27. The van der Waals surface area contributed by atoms with Crippen molar-refractivity contribution in [3.8, 4) is 5.75 Å². The lowest BCUT2D eigenvalue weighted by Gasteiger charge is -2.32. The third kappa shape index (κ3) is 2.99. The number of ether oxygens (including phenoxy) is 1. The van der Waals surface area contributed by atoms with E-state index in [0.717, 1.165) is 42.6 Å². The molecule has 0 aliphatic carbocycles. The summed E-state index contributed by atoms with van der Waals surface area (Å²) in [4.78, 5) is 18.1. The molecule has 2 aromatic heterocycles. The summed E-state index contributed by atoms with van der Waals surface area (Å²) in [6.07, 6.45) is 6.07. The number of fused-ring (bicyclic) bond motifs is 1. The second kappa shape index (κ2) is 6.27. The van der Waals surface area contributed by atoms with Crippen LogP contribution in [0.15, 0.2) is 36.7 Å². The maximum absolute atomic E-state index is 12.9. The molecule has 6 heteroatoms. The van der Waals surface area contributed by atoms with Crippen LogP contribution < -0.4 is 4.74 Å². The fourth-order valence-corrected chi connectivity index (χ4v) is 3.60. The molecule has 3 heterocycles. The summed E-state index contributed by atoms with van der Waals surface area (Å²) in [5.41, 5.74) is 2.76. The Balaban J connectivity index is 1.55. The van der Waals surface area contributed by atoms with Gasteiger partial charge >= 0.3 is 0 Å². The molecular formula is C19H22N4O2. The van der Waals surface area contributed by atoms with E-state index in [9.17, 15) is 4.79 Å². The number of likely N-dealkylation sites (tertiary alicyclic amines) is 1. The summed E-state index contributed by atoms with van der Waals surface area (Å²) in [6.45, 7) is 1.54. The number of nitrogens with one attached hydrogen (secondary N) is 1. The Morgan fingerprint density at radius 3 is 3.00 bits per heavy atom. The van der Waals surface area contributed by atoms with Crippen LogP contribution in [-0.2, 0) is 7.05 Å². The largest absolute Gasteiger partial charge is 0.497 e. The third-order valence-electron chi connectivity index (χ3n) is 4.96. The van der Waals surface area contributed by atoms with Crippen molar-refractivity contribution in [1.82, 2.24) is 19.7 Å². The number of benzene rings is 1. The van der Waals surface area contributed by atoms with Gasteiger partial charge in [0.2, 0.25) is 0 Å². The first-order valence-electron chi connectivity index (χ1n) is 8.58. The van der Waals surface area contributed by atoms with Crippen LogP contribution in [0.25, 0.3) is 10.9 Å². The number of hydrogen-bond acceptors (Lipinski definition) is 3. The van der Waals surface area contributed by atoms with Crippen molar-refractivity contribution in [3.63, 3.8) is 0 Å². The van der Waals surface area contributed by atoms with Gasteiger partial charge in [0.25, 0.3) is 5.91 Å². The van der Waals surface area contributed by atoms with Crippen LogP contribution in [0.3, 0.4) is 0 Å². The number of nitrogens with zero attached hydrogens (tertiary/aromatic N) is 3. The number of hydrogen-bond donors (Lipinski definition) is 1. The van der Waals surface area contributed by atoms with E-state index in [1.807, 2.05) is 53.3 Å². The second-order valence-electron chi connectivity index (χ2n) is 6.67. The van der Waals surface area contributed by atoms with Gasteiger partial charge in [-0.3, -0.25) is 9.48 Å². The van der Waals surface area contributed by atoms with Gasteiger partial charge in [-0.25, -0.2) is 0 Å². The molecule has 1 aliphatic heterocycles. The van der Waals surface area contributed by atoms with Crippen LogP contribution >= 0.6 is 0 Å². The van der Waals surface area contributed by atoms with E-state index >= 15 is 0 Å². The molecule has 4 rings (SSSR count). The minimum absolute atomic E-state index is 0.0590. The smallest absolute Gasteiger partial charge is 0.270 e. The van der Waals surface area contributed by atoms with E-state index in [-0.39, 0.29) is 5.91 Å². The molecule has 1 N–H and O–H groups in total. The molecule has 0 bridgehead atoms. The molecule has 1 saturated heterocycles. The molecule has 1 aromatic carbocycles. The Labute approximate surface area is 146 Å². The zero-order valence-electron chi connectivity index (χ0n) is 14.5. The standard InChI is InChI=1S/C19H22N4O2/c1-22-11-15(10-20-22)14-4-3-7-23(12-14)19(24)18-8-13-5-6-16(25-2)9-17(13)21-18/h5-6,8-11,14,21H,3-4,7,12H2,1-2H3. The van der Waals surface area contributed by atoms with Gasteiger partial charge < -0.3 is 14.6 Å². The molecule has 25 heavy (non-hydrogen) atoms. The van der Waals surface area contributed by atoms with Crippen LogP contribution in [-0.4, -0.2) is 45.8 Å². The van der Waals surface area contributed by atoms with Gasteiger partial charge in [-0.2, -0.15) is 5.10 Å². The highest BCUT2D eigenvalue weighted by molar-refractivity contribution is 5.98. The molecule has 3 aromatic rings. The van der Waals surface area contributed by atoms with Gasteiger partial charge in [-0.05, 0) is 36.6 Å². The second-order valence-corrected chi connectivity index (χ2v) is 6.67. The number of aryl methyl sites for hydroxylation is 1. The van der Waals surface area contributed by atoms with Gasteiger partial charge in [0.15, 0.2) is 0 Å². The predicted molar refractivity (Wildman–Crippen MR) is 95.9 cm³/mol. The number of H-pyrrole nitrogens is 1. The Morgan fingerprint density at radius 2 is 2.24 bits per heavy atom. The fourth-order valence-electron chi connectivity index (χ4n) is 3.60. The Hall–Kier alpha value is -2.76. The lowest BCUT2D eigenvalue weighted by atomic mass is 9.92. The summed E-state index contributed by atoms with van der Waals surface area (Å²) < 4.78 is 7.07. The topological polar surface area (TPSA) is 63.1 Å². The lowest BCUT2D eigenvalue weighted by Crippen LogP contribution is -2.39. The third-order valence-corrected chi connectivity index (χ3v) is 4.96. The van der Waals surface area contributed by atoms with Crippen molar-refractivity contribution in [1.29, 1.82) is 0 Å². The van der Waals surface area contributed by atoms with Crippen molar-refractivity contribution in [3.05, 3.63) is 47.9 Å². The van der Waals surface area contributed by atoms with E-state index in [1.54, 1.807) is 7.11 Å². The summed E-state index contributed by atoms with van der Waals surface area (Å²) in [5, 5.41) is 5.28. The average Bonchev–Trinajstić information content (AvgIpc) is 3.26. The minimum Gasteiger partial charge on any atom is -0.497 e. The normalized spacial score (nSPS) is 17.8. The molecule has 0 spiro atoms. The molecule has 1 fully saturated rings. The molecule has 1 atom stereocenters. The fraction of sp³-hybridized carbons (Fsp3) is 0.368. The van der Waals surface area contributed by atoms with Gasteiger partial charge in [-0.15, -0.1) is 0 Å². The monoisotopic (exact) mass is 338 g/mol. The first kappa shape index (κ1) is 15.7. The number of piperidine rings is 1. The molecule has 1 unspecified atom stereocenters. The number of carbonyl (C=O) groups excluding carboxylic acids is 1. The van der Waals surface area contributed by atoms with Gasteiger partial charge in [0.1, 0.15) is 11.4 Å². The maximum atomic E-state index is 12.9. The molecule has 1 amide bonds. The lowest BCUT2D eigenvalue weighted by molar-refractivity contribution is 0.0702. The Bertz CT molecular complexity index is 911. The molecule has 130 valence electrons. The van der Waals surface area contributed by atoms with Gasteiger partial charge in [-0.1, -0.05) is 0 Å². The number of methoxy groups -OCH3 is 1. The minimum atomic E-state index is 0.0590. The van der Waals surface area contributed by atoms with E-state index < -0.39 is 0 Å². The first-order chi connectivity index (χ1) is 12.1. The summed E-state index contributed by atoms with van der Waals surface area (Å²) >= 11 is 0. The van der Waals surface area contributed by atoms with E-state index in [4.69, 9.17) is 4.74 Å². The van der Waals surface area contributed by atoms with Gasteiger partial charge in [0.05, 0.1) is 13.3 Å². The summed E-state index contributed by atoms with van der Waals surface area (Å²) in [7, 11) is 3.57. The molecular weight excluding hydrogens is 316 g/mol. The van der Waals surface area contributed by atoms with E-state index in [1.165, 1.54) is 5.56 Å². The van der Waals surface area contributed by atoms with Crippen molar-refractivity contribution >= 4 is 16.8 Å². The van der Waals surface area contributed by atoms with Crippen LogP contribution in [0.2, 0.25) is 0 Å². The summed E-state index contributed by atoms with van der Waals surface area (Å²) in [5.74, 6) is 1.20. The quantitative estimate of drug-likeness (QED) is 0.799. The number of carbonyl (C=O) groups is 1. The zero-order valence-corrected chi connectivity index (χ0v) is 14.5. The van der Waals surface area contributed by atoms with Crippen LogP contribution in [0.1, 0.15) is 34.8 Å². The van der Waals surface area contributed by atoms with E-state index in [2.05, 4.69) is 10.1 Å². The highest BCUT2D eigenvalue weighted by Crippen LogP contribution is 2.28. The molecule has 1 aliphatic rings. The molecule has 0 saturated carbocycles. The Kier molecular flexibility index (Phi) is 3.95. The maximum Gasteiger partial charge on any atom is 0.270 e. The van der Waals surface area contributed by atoms with Crippen LogP contribution in [0.4, 0.5) is 0 Å². The summed E-state index contributed by atoms with van der Waals surface area (Å²) in [6, 6.07) is 7.71. The van der Waals surface area contributed by atoms with Crippen molar-refractivity contribution in [2.24, 2.45) is 7.05 Å². The first-order valence-corrected chi connectivity index (χ1v) is 8.58. The number of aromatic nitrogens is 3. The van der Waals surface area contributed by atoms with Crippen molar-refractivity contribution in [2.75, 3.05) is 20.2 Å². The van der Waals surface area contributed by atoms with Crippen LogP contribution in [0, 0.1) is 0 Å². The highest BCUT2D eigenvalue weighted by atomic mass is 16.5. The SMILES string of the molecule is COc1ccc2cc(C(=O)N3CCCC(c4cnn(C)c4)C3)[nH]c2c1. The van der Waals surface area contributed by atoms with Crippen molar-refractivity contribution in [2.45, 2.75) is 18.8 Å². The number of rotatable bonds is 3. The zero-order chi connectivity index (χ0) is 17.4. The Morgan fingerprint density at radius 1 is 1.36 bits per heavy atom. The average molecular weight is 338 g/mol. The molecule has 6 nitrogen and oxygen atoms in total. The van der Waals surface area contributed by atoms with E-state index in [0.29, 0.717) is 11.6 Å².